The van der Waals surface area contributed by atoms with Gasteiger partial charge in [-0.2, -0.15) is 0 Å². The molecule has 2 aromatic carbocycles. The summed E-state index contributed by atoms with van der Waals surface area (Å²) in [5, 5.41) is 17.5. The van der Waals surface area contributed by atoms with Gasteiger partial charge in [-0.15, -0.1) is 10.2 Å². The number of aromatic amines is 1. The minimum absolute atomic E-state index is 0.0147. The monoisotopic (exact) mass is 405 g/mol. The van der Waals surface area contributed by atoms with Crippen LogP contribution in [0.25, 0.3) is 10.9 Å². The fourth-order valence-corrected chi connectivity index (χ4v) is 2.81. The molecule has 0 bridgehead atoms. The topological polar surface area (TPSA) is 87.0 Å². The van der Waals surface area contributed by atoms with Crippen molar-refractivity contribution in [2.45, 2.75) is 6.92 Å². The zero-order chi connectivity index (χ0) is 18.0. The normalized spacial score (nSPS) is 11.3. The van der Waals surface area contributed by atoms with Gasteiger partial charge >= 0.3 is 5.91 Å². The minimum atomic E-state index is -0.634. The highest BCUT2D eigenvalue weighted by molar-refractivity contribution is 9.10. The zero-order valence-corrected chi connectivity index (χ0v) is 14.7. The van der Waals surface area contributed by atoms with E-state index in [0.29, 0.717) is 21.1 Å². The van der Waals surface area contributed by atoms with Gasteiger partial charge in [0.25, 0.3) is 0 Å². The highest BCUT2D eigenvalue weighted by Crippen LogP contribution is 2.39. The number of halogens is 2. The second kappa shape index (κ2) is 7.02. The standard InChI is InChI=1S/C17H13BrFN3O3/c1-9-3-2-4-11(5-9)25-8-14(23)21-22-16-12-6-10(19)7-13(18)15(12)20-17(16)24/h2-7,20,24H,8H2,1H3. The molecular formula is C17H13BrFN3O3. The molecule has 128 valence electrons. The Balaban J connectivity index is 1.76. The molecule has 0 saturated heterocycles. The molecule has 0 radical (unpaired) electrons. The number of carbonyl (C=O) groups excluding carboxylic acids is 1. The molecule has 2 N–H and O–H groups in total. The van der Waals surface area contributed by atoms with Crippen LogP contribution in [0.3, 0.4) is 0 Å². The van der Waals surface area contributed by atoms with Crippen LogP contribution in [0, 0.1) is 12.7 Å². The van der Waals surface area contributed by atoms with Crippen molar-refractivity contribution in [2.24, 2.45) is 10.2 Å². The lowest BCUT2D eigenvalue weighted by molar-refractivity contribution is -0.120. The fraction of sp³-hybridized carbons (Fsp3) is 0.118. The average Bonchev–Trinajstić information content (AvgIpc) is 2.87. The van der Waals surface area contributed by atoms with Gasteiger partial charge in [0.05, 0.1) is 5.52 Å². The molecule has 1 amide bonds. The van der Waals surface area contributed by atoms with Crippen LogP contribution in [0.1, 0.15) is 5.56 Å². The second-order valence-corrected chi connectivity index (χ2v) is 6.19. The summed E-state index contributed by atoms with van der Waals surface area (Å²) in [4.78, 5) is 14.5. The maximum absolute atomic E-state index is 13.5. The van der Waals surface area contributed by atoms with Crippen LogP contribution in [0.2, 0.25) is 0 Å². The van der Waals surface area contributed by atoms with Gasteiger partial charge in [0.2, 0.25) is 5.88 Å². The van der Waals surface area contributed by atoms with E-state index in [1.165, 1.54) is 12.1 Å². The van der Waals surface area contributed by atoms with Gasteiger partial charge in [-0.25, -0.2) is 4.39 Å². The van der Waals surface area contributed by atoms with Crippen molar-refractivity contribution in [3.05, 3.63) is 52.3 Å². The second-order valence-electron chi connectivity index (χ2n) is 5.33. The van der Waals surface area contributed by atoms with Gasteiger partial charge in [-0.1, -0.05) is 12.1 Å². The van der Waals surface area contributed by atoms with E-state index in [1.807, 2.05) is 19.1 Å². The zero-order valence-electron chi connectivity index (χ0n) is 13.1. The Morgan fingerprint density at radius 3 is 2.92 bits per heavy atom. The number of fused-ring (bicyclic) bond motifs is 1. The molecule has 3 rings (SSSR count). The van der Waals surface area contributed by atoms with Crippen molar-refractivity contribution in [3.8, 4) is 11.6 Å². The smallest absolute Gasteiger partial charge is 0.302 e. The predicted octanol–water partition coefficient (Wildman–Crippen LogP) is 4.77. The van der Waals surface area contributed by atoms with E-state index in [0.717, 1.165) is 5.56 Å². The summed E-state index contributed by atoms with van der Waals surface area (Å²) in [7, 11) is 0. The number of aromatic hydroxyl groups is 1. The predicted molar refractivity (Wildman–Crippen MR) is 93.8 cm³/mol. The van der Waals surface area contributed by atoms with Crippen molar-refractivity contribution in [1.82, 2.24) is 4.98 Å². The number of azo groups is 1. The summed E-state index contributed by atoms with van der Waals surface area (Å²) in [5.41, 5.74) is 1.44. The van der Waals surface area contributed by atoms with E-state index in [4.69, 9.17) is 4.74 Å². The summed E-state index contributed by atoms with van der Waals surface area (Å²) in [6.45, 7) is 1.61. The number of hydrogen-bond donors (Lipinski definition) is 2. The number of nitrogens with one attached hydrogen (secondary N) is 1. The number of carbonyl (C=O) groups is 1. The molecule has 1 heterocycles. The SMILES string of the molecule is Cc1cccc(OCC(=O)N=Nc2c(O)[nH]c3c(Br)cc(F)cc23)c1. The number of aromatic nitrogens is 1. The summed E-state index contributed by atoms with van der Waals surface area (Å²) in [6, 6.07) is 9.68. The van der Waals surface area contributed by atoms with Crippen LogP contribution >= 0.6 is 15.9 Å². The first-order chi connectivity index (χ1) is 11.9. The van der Waals surface area contributed by atoms with E-state index in [9.17, 15) is 14.3 Å². The summed E-state index contributed by atoms with van der Waals surface area (Å²) < 4.78 is 19.3. The van der Waals surface area contributed by atoms with Gasteiger partial charge in [0.15, 0.2) is 12.3 Å². The number of nitrogens with zero attached hydrogens (tertiary/aromatic N) is 2. The Kier molecular flexibility index (Phi) is 4.80. The van der Waals surface area contributed by atoms with E-state index < -0.39 is 11.7 Å². The first-order valence-electron chi connectivity index (χ1n) is 7.28. The maximum Gasteiger partial charge on any atom is 0.302 e. The Hall–Kier alpha value is -2.74. The Morgan fingerprint density at radius 1 is 1.36 bits per heavy atom. The fourth-order valence-electron chi connectivity index (χ4n) is 2.28. The molecule has 3 aromatic rings. The Bertz CT molecular complexity index is 985. The van der Waals surface area contributed by atoms with Crippen molar-refractivity contribution in [3.63, 3.8) is 0 Å². The first-order valence-corrected chi connectivity index (χ1v) is 8.07. The highest BCUT2D eigenvalue weighted by Gasteiger charge is 2.14. The molecular weight excluding hydrogens is 393 g/mol. The van der Waals surface area contributed by atoms with E-state index >= 15 is 0 Å². The third-order valence-corrected chi connectivity index (χ3v) is 4.02. The van der Waals surface area contributed by atoms with Crippen LogP contribution in [-0.2, 0) is 4.79 Å². The molecule has 0 spiro atoms. The summed E-state index contributed by atoms with van der Waals surface area (Å²) in [6.07, 6.45) is 0. The third kappa shape index (κ3) is 3.85. The number of benzene rings is 2. The molecule has 25 heavy (non-hydrogen) atoms. The van der Waals surface area contributed by atoms with Gasteiger partial charge in [-0.3, -0.25) is 4.79 Å². The van der Waals surface area contributed by atoms with Crippen molar-refractivity contribution < 1.29 is 19.0 Å². The quantitative estimate of drug-likeness (QED) is 0.612. The number of ether oxygens (including phenoxy) is 1. The average molecular weight is 406 g/mol. The maximum atomic E-state index is 13.5. The van der Waals surface area contributed by atoms with Crippen molar-refractivity contribution in [2.75, 3.05) is 6.61 Å². The van der Waals surface area contributed by atoms with Crippen LogP contribution < -0.4 is 4.74 Å². The van der Waals surface area contributed by atoms with Gasteiger partial charge in [-0.05, 0) is 52.7 Å². The number of hydrogen-bond acceptors (Lipinski definition) is 4. The van der Waals surface area contributed by atoms with Crippen molar-refractivity contribution >= 4 is 38.4 Å². The number of aryl methyl sites for hydroxylation is 1. The molecule has 0 aliphatic carbocycles. The highest BCUT2D eigenvalue weighted by atomic mass is 79.9. The Labute approximate surface area is 150 Å². The van der Waals surface area contributed by atoms with E-state index in [-0.39, 0.29) is 18.2 Å². The van der Waals surface area contributed by atoms with E-state index in [2.05, 4.69) is 31.1 Å². The van der Waals surface area contributed by atoms with Crippen LogP contribution in [-0.4, -0.2) is 22.6 Å². The summed E-state index contributed by atoms with van der Waals surface area (Å²) >= 11 is 3.19. The lowest BCUT2D eigenvalue weighted by Gasteiger charge is -2.03. The lowest BCUT2D eigenvalue weighted by atomic mass is 10.2. The molecule has 0 aliphatic heterocycles. The number of amides is 1. The molecule has 0 saturated carbocycles. The number of rotatable bonds is 4. The largest absolute Gasteiger partial charge is 0.493 e. The van der Waals surface area contributed by atoms with Crippen molar-refractivity contribution in [1.29, 1.82) is 0 Å². The van der Waals surface area contributed by atoms with Crippen LogP contribution in [0.15, 0.2) is 51.1 Å². The minimum Gasteiger partial charge on any atom is -0.493 e. The van der Waals surface area contributed by atoms with Gasteiger partial charge in [0, 0.05) is 9.86 Å². The lowest BCUT2D eigenvalue weighted by Crippen LogP contribution is -2.07. The molecule has 0 unspecified atom stereocenters. The number of H-pyrrole nitrogens is 1. The molecule has 0 fully saturated rings. The first kappa shape index (κ1) is 17.1. The van der Waals surface area contributed by atoms with Gasteiger partial charge < -0.3 is 14.8 Å². The Morgan fingerprint density at radius 2 is 2.16 bits per heavy atom. The van der Waals surface area contributed by atoms with Gasteiger partial charge in [0.1, 0.15) is 11.6 Å². The molecule has 8 heteroatoms. The van der Waals surface area contributed by atoms with E-state index in [1.54, 1.807) is 12.1 Å². The van der Waals surface area contributed by atoms with Crippen LogP contribution in [0.4, 0.5) is 10.1 Å². The molecule has 6 nitrogen and oxygen atoms in total. The van der Waals surface area contributed by atoms with Crippen LogP contribution in [0.5, 0.6) is 11.6 Å². The molecule has 0 aliphatic rings. The molecule has 1 aromatic heterocycles. The molecule has 0 atom stereocenters. The summed E-state index contributed by atoms with van der Waals surface area (Å²) in [5.74, 6) is -0.906. The third-order valence-electron chi connectivity index (χ3n) is 3.39.